The number of fused-ring (bicyclic) bond motifs is 15. The van der Waals surface area contributed by atoms with Crippen LogP contribution in [-0.4, -0.2) is 172 Å². The third kappa shape index (κ3) is 17.9. The lowest BCUT2D eigenvalue weighted by molar-refractivity contribution is -0.129. The van der Waals surface area contributed by atoms with Gasteiger partial charge < -0.3 is 56.8 Å². The number of carbonyl (C=O) groups excluding carboxylic acids is 3. The van der Waals surface area contributed by atoms with Gasteiger partial charge in [0.15, 0.2) is 17.5 Å². The minimum atomic E-state index is -1.02. The molecule has 762 valence electrons. The van der Waals surface area contributed by atoms with E-state index in [1.165, 1.54) is 69.1 Å². The van der Waals surface area contributed by atoms with Gasteiger partial charge in [0.1, 0.15) is 47.8 Å². The van der Waals surface area contributed by atoms with E-state index in [2.05, 4.69) is 59.9 Å². The first-order chi connectivity index (χ1) is 68.5. The summed E-state index contributed by atoms with van der Waals surface area (Å²) in [4.78, 5) is 124. The number of hydrogen-bond acceptors (Lipinski definition) is 20. The van der Waals surface area contributed by atoms with Crippen molar-refractivity contribution in [3.63, 3.8) is 0 Å². The van der Waals surface area contributed by atoms with E-state index in [0.29, 0.717) is 156 Å². The van der Waals surface area contributed by atoms with Gasteiger partial charge >= 0.3 is 0 Å². The molecule has 6 atom stereocenters. The fourth-order valence-corrected chi connectivity index (χ4v) is 23.6. The van der Waals surface area contributed by atoms with E-state index in [0.717, 1.165) is 18.2 Å². The number of hydrogen-bond donors (Lipinski definition) is 4. The molecule has 18 rings (SSSR count). The van der Waals surface area contributed by atoms with Crippen molar-refractivity contribution in [3.05, 3.63) is 244 Å². The van der Waals surface area contributed by atoms with E-state index in [1.807, 2.05) is 119 Å². The van der Waals surface area contributed by atoms with Gasteiger partial charge in [0.2, 0.25) is 17.7 Å². The van der Waals surface area contributed by atoms with Gasteiger partial charge in [-0.1, -0.05) is 207 Å². The normalized spacial score (nSPS) is 17.6. The van der Waals surface area contributed by atoms with E-state index in [9.17, 15) is 24.0 Å². The summed E-state index contributed by atoms with van der Waals surface area (Å²) >= 11 is 59.1. The number of nitrogens with two attached hydrogens (primary N) is 3. The highest BCUT2D eigenvalue weighted by Crippen LogP contribution is 2.55. The predicted molar refractivity (Wildman–Crippen MR) is 572 cm³/mol. The maximum absolute atomic E-state index is 16.7. The number of nitrogens with zero attached hydrogens (tertiary/aromatic N) is 16. The first kappa shape index (κ1) is 106. The molecular formula is C104H105Cl9F6N20O6. The Hall–Kier alpha value is -11.6. The quantitative estimate of drug-likeness (QED) is 0.0321. The lowest BCUT2D eigenvalue weighted by Gasteiger charge is -2.51. The minimum absolute atomic E-state index is 0.0841. The Morgan fingerprint density at radius 1 is 0.379 bits per heavy atom. The fourth-order valence-electron chi connectivity index (χ4n) is 21.1. The van der Waals surface area contributed by atoms with Crippen LogP contribution in [0.25, 0.3) is 83.2 Å². The Bertz CT molecular complexity index is 7240. The molecule has 3 fully saturated rings. The molecule has 145 heavy (non-hydrogen) atoms. The summed E-state index contributed by atoms with van der Waals surface area (Å²) in [6, 6.07) is 5.69. The molecule has 0 saturated carbocycles. The molecule has 12 aromatic rings. The zero-order valence-electron chi connectivity index (χ0n) is 82.1. The highest BCUT2D eigenvalue weighted by molar-refractivity contribution is 6.43. The van der Waals surface area contributed by atoms with Gasteiger partial charge in [0, 0.05) is 139 Å². The highest BCUT2D eigenvalue weighted by atomic mass is 35.5. The average Bonchev–Trinajstić information content (AvgIpc) is 0.690. The van der Waals surface area contributed by atoms with E-state index >= 15 is 31.1 Å². The molecule has 0 radical (unpaired) electrons. The SMILES string of the molecule is C=CC(=O)N1CC2CCc3c(c4cc(F)c(-c5c(N)c(Cl)cc(Cl)c5F)c(Cl)c4n(-c4c(C(C)C)ncnc4C(C)C)c3=O)N2CC1C.C=CC(=O)N1CC2CN(C)c3c(c4cc(F)c(-c5c(N)c(Cl)cc(Cl)c5F)c(Cl)c4n(-c4c(C(C)C)ncnc4C(C)C)c3=O)N2CC1C.C=CC(=O)N1CC2CNc3c(c4cc(F)c(-c5c(N)c(Cl)cc(Cl)c5F)c(Cl)c4n(-c4c(C(C)C)ncnc4C(C)C)c3=O)N2CC1C. The van der Waals surface area contributed by atoms with Crippen molar-refractivity contribution >= 4 is 200 Å². The van der Waals surface area contributed by atoms with Crippen molar-refractivity contribution < 1.29 is 40.7 Å². The molecule has 0 bridgehead atoms. The number of amides is 3. The number of nitrogen functional groups attached to an aromatic ring is 3. The predicted octanol–water partition coefficient (Wildman–Crippen LogP) is 23.1. The lowest BCUT2D eigenvalue weighted by Crippen LogP contribution is -2.64. The highest BCUT2D eigenvalue weighted by Gasteiger charge is 2.47. The Balaban J connectivity index is 0.000000156. The molecule has 12 heterocycles. The molecule has 6 aromatic heterocycles. The molecule has 6 aliphatic heterocycles. The van der Waals surface area contributed by atoms with Crippen LogP contribution in [0, 0.1) is 34.9 Å². The van der Waals surface area contributed by atoms with E-state index < -0.39 is 73.8 Å². The lowest BCUT2D eigenvalue weighted by atomic mass is 9.89. The molecule has 7 N–H and O–H groups in total. The van der Waals surface area contributed by atoms with Gasteiger partial charge in [0.25, 0.3) is 16.7 Å². The average molecular weight is 2160 g/mol. The summed E-state index contributed by atoms with van der Waals surface area (Å²) in [5.74, 6) is -7.24. The van der Waals surface area contributed by atoms with E-state index in [-0.39, 0.29) is 190 Å². The zero-order valence-corrected chi connectivity index (χ0v) is 88.9. The largest absolute Gasteiger partial charge is 0.397 e. The molecule has 6 unspecified atom stereocenters. The van der Waals surface area contributed by atoms with Gasteiger partial charge in [-0.25, -0.2) is 56.2 Å². The molecule has 0 aliphatic carbocycles. The second kappa shape index (κ2) is 40.9. The van der Waals surface area contributed by atoms with Gasteiger partial charge in [-0.05, 0) is 124 Å². The molecular weight excluding hydrogens is 2060 g/mol. The van der Waals surface area contributed by atoms with Gasteiger partial charge in [-0.3, -0.25) is 42.5 Å². The molecule has 0 spiro atoms. The Labute approximate surface area is 877 Å². The fraction of sp³-hybridized carbons (Fsp3) is 0.365. The second-order valence-corrected chi connectivity index (χ2v) is 42.7. The van der Waals surface area contributed by atoms with Crippen molar-refractivity contribution in [2.75, 3.05) is 102 Å². The van der Waals surface area contributed by atoms with Crippen LogP contribution in [0.1, 0.15) is 186 Å². The standard InChI is InChI=1S/C35H36Cl3F2N7O2.C35H35Cl3F2N6O2.C34H34Cl3F2N7O2/c1-8-23(48)45-13-18-12-44(7)34-32(46(18)11-17(45)6)19-9-22(39)24(25-27(40)20(36)10-21(37)28(25)41)26(38)31(19)47(35(34)49)33-29(15(2)3)42-14-43-30(33)16(4)5;1-7-24(47)44-13-18-8-9-19-32(45(18)12-17(44)6)20-10-23(39)25(26-28(40)21(36)11-22(37)29(26)41)27(38)33(20)46(35(19)48)34-30(15(2)3)42-14-43-31(34)16(4)5;1-7-22(47)44-12-17-10-41-30-32(45(17)11-16(44)6)18-8-21(38)23(24-26(39)19(35)9-20(36)27(24)40)25(37)31(18)46(34(30)48)33-28(14(2)3)42-13-43-29(33)15(4)5/h8-10,14-18H,1,11-13,41H2,2-7H3;7,10-11,14-18H,1,8-9,12-13,41H2,2-6H3;7-9,13-17,41H,1,10-12,40H2,2-6H3. The summed E-state index contributed by atoms with van der Waals surface area (Å²) < 4.78 is 102. The number of aromatic nitrogens is 9. The van der Waals surface area contributed by atoms with Crippen LogP contribution < -0.4 is 58.8 Å². The number of carbonyl (C=O) groups is 3. The van der Waals surface area contributed by atoms with Crippen molar-refractivity contribution in [3.8, 4) is 50.4 Å². The van der Waals surface area contributed by atoms with Crippen molar-refractivity contribution in [1.82, 2.24) is 58.3 Å². The van der Waals surface area contributed by atoms with E-state index in [4.69, 9.17) is 122 Å². The molecule has 6 aliphatic rings. The molecule has 41 heteroatoms. The number of likely N-dealkylation sites (N-methyl/N-ethyl adjacent to an activating group) is 1. The van der Waals surface area contributed by atoms with Crippen molar-refractivity contribution in [1.29, 1.82) is 0 Å². The Kier molecular flexibility index (Phi) is 30.0. The number of anilines is 8. The monoisotopic (exact) mass is 2160 g/mol. The first-order valence-electron chi connectivity index (χ1n) is 47.2. The molecule has 26 nitrogen and oxygen atoms in total. The minimum Gasteiger partial charge on any atom is -0.397 e. The summed E-state index contributed by atoms with van der Waals surface area (Å²) in [5.41, 5.74) is 21.7. The number of pyridine rings is 3. The van der Waals surface area contributed by atoms with E-state index in [1.54, 1.807) is 21.7 Å². The zero-order chi connectivity index (χ0) is 106. The van der Waals surface area contributed by atoms with Crippen molar-refractivity contribution in [2.45, 2.75) is 188 Å². The smallest absolute Gasteiger partial charge is 0.281 e. The summed E-state index contributed by atoms with van der Waals surface area (Å²) in [7, 11) is 1.79. The molecule has 3 amide bonds. The third-order valence-electron chi connectivity index (χ3n) is 27.9. The Morgan fingerprint density at radius 2 is 0.676 bits per heavy atom. The number of halogens is 15. The Morgan fingerprint density at radius 3 is 1.01 bits per heavy atom. The maximum Gasteiger partial charge on any atom is 0.281 e. The topological polar surface area (TPSA) is 307 Å². The van der Waals surface area contributed by atoms with Gasteiger partial charge in [-0.2, -0.15) is 0 Å². The van der Waals surface area contributed by atoms with Crippen LogP contribution in [0.15, 0.2) is 108 Å². The van der Waals surface area contributed by atoms with Crippen LogP contribution in [0.2, 0.25) is 45.2 Å². The summed E-state index contributed by atoms with van der Waals surface area (Å²) in [6.07, 6.45) is 9.17. The first-order valence-corrected chi connectivity index (χ1v) is 50.6. The second-order valence-electron chi connectivity index (χ2n) is 39.1. The van der Waals surface area contributed by atoms with Crippen LogP contribution in [0.3, 0.4) is 0 Å². The number of nitrogens with one attached hydrogen (secondary N) is 1. The number of benzene rings is 6. The molecule has 6 aromatic carbocycles. The number of rotatable bonds is 15. The third-order valence-corrected chi connectivity index (χ3v) is 30.7. The summed E-state index contributed by atoms with van der Waals surface area (Å²) in [5, 5.41) is 2.01. The van der Waals surface area contributed by atoms with Crippen molar-refractivity contribution in [2.24, 2.45) is 0 Å². The van der Waals surface area contributed by atoms with Crippen LogP contribution in [0.5, 0.6) is 0 Å². The van der Waals surface area contributed by atoms with Crippen LogP contribution in [0.4, 0.5) is 71.8 Å². The van der Waals surface area contributed by atoms with Gasteiger partial charge in [0.05, 0.1) is 159 Å². The maximum atomic E-state index is 16.7. The van der Waals surface area contributed by atoms with Crippen LogP contribution >= 0.6 is 104 Å². The summed E-state index contributed by atoms with van der Waals surface area (Å²) in [6.45, 7) is 42.9. The number of piperazine rings is 3. The van der Waals surface area contributed by atoms with Crippen LogP contribution in [-0.2, 0) is 20.8 Å². The van der Waals surface area contributed by atoms with Gasteiger partial charge in [-0.15, -0.1) is 0 Å². The molecule has 3 saturated heterocycles.